The lowest BCUT2D eigenvalue weighted by Crippen LogP contribution is -2.32. The molecule has 0 aliphatic rings. The largest absolute Gasteiger partial charge is 0.368 e. The smallest absolute Gasteiger partial charge is 0.285 e. The maximum atomic E-state index is 12.2. The monoisotopic (exact) mass is 359 g/mol. The third-order valence-electron chi connectivity index (χ3n) is 2.67. The van der Waals surface area contributed by atoms with Gasteiger partial charge in [-0.15, -0.1) is 4.40 Å². The Hall–Kier alpha value is -1.60. The second-order valence-electron chi connectivity index (χ2n) is 6.55. The van der Waals surface area contributed by atoms with Crippen molar-refractivity contribution in [3.8, 4) is 0 Å². The minimum atomic E-state index is -3.97. The van der Waals surface area contributed by atoms with Gasteiger partial charge in [0.1, 0.15) is 11.2 Å². The second-order valence-corrected chi connectivity index (χ2v) is 8.56. The van der Waals surface area contributed by atoms with E-state index >= 15 is 0 Å². The molecule has 1 N–H and O–H groups in total. The molecule has 0 bridgehead atoms. The van der Waals surface area contributed by atoms with Crippen LogP contribution < -0.4 is 5.32 Å². The summed E-state index contributed by atoms with van der Waals surface area (Å²) in [6.07, 6.45) is 1.16. The molecule has 0 saturated heterocycles. The number of sulfonamides is 1. The lowest BCUT2D eigenvalue weighted by atomic mass is 9.97. The highest BCUT2D eigenvalue weighted by Gasteiger charge is 2.20. The van der Waals surface area contributed by atoms with E-state index in [0.29, 0.717) is 6.54 Å². The van der Waals surface area contributed by atoms with E-state index in [1.807, 2.05) is 20.8 Å². The summed E-state index contributed by atoms with van der Waals surface area (Å²) in [4.78, 5) is 13.4. The third kappa shape index (κ3) is 6.19. The summed E-state index contributed by atoms with van der Waals surface area (Å²) in [5, 5.41) is 2.79. The zero-order valence-electron chi connectivity index (χ0n) is 13.9. The summed E-state index contributed by atoms with van der Waals surface area (Å²) in [5.74, 6) is -0.357. The van der Waals surface area contributed by atoms with Gasteiger partial charge in [-0.3, -0.25) is 4.79 Å². The van der Waals surface area contributed by atoms with Crippen molar-refractivity contribution in [2.75, 3.05) is 20.6 Å². The predicted molar refractivity (Wildman–Crippen MR) is 92.6 cm³/mol. The summed E-state index contributed by atoms with van der Waals surface area (Å²) in [5.41, 5.74) is 0.143. The second kappa shape index (κ2) is 7.31. The number of rotatable bonds is 5. The van der Waals surface area contributed by atoms with E-state index in [2.05, 4.69) is 9.71 Å². The van der Waals surface area contributed by atoms with E-state index in [1.165, 1.54) is 23.1 Å². The van der Waals surface area contributed by atoms with E-state index in [1.54, 1.807) is 14.1 Å². The number of hydrogen-bond donors (Lipinski definition) is 1. The molecule has 0 spiro atoms. The van der Waals surface area contributed by atoms with Gasteiger partial charge in [0.2, 0.25) is 0 Å². The van der Waals surface area contributed by atoms with Crippen molar-refractivity contribution in [1.29, 1.82) is 0 Å². The molecular formula is C15H22ClN3O3S. The Kier molecular flexibility index (Phi) is 6.18. The van der Waals surface area contributed by atoms with Crippen molar-refractivity contribution in [2.45, 2.75) is 25.7 Å². The SMILES string of the molecule is CN(C)/C=N/S(=O)(=O)c1cc(C(=O)NCC(C)(C)C)ccc1Cl. The number of carbonyl (C=O) groups is 1. The predicted octanol–water partition coefficient (Wildman–Crippen LogP) is 2.39. The number of carbonyl (C=O) groups excluding carboxylic acids is 1. The van der Waals surface area contributed by atoms with E-state index in [4.69, 9.17) is 11.6 Å². The van der Waals surface area contributed by atoms with Gasteiger partial charge >= 0.3 is 0 Å². The van der Waals surface area contributed by atoms with Crippen LogP contribution in [0.1, 0.15) is 31.1 Å². The van der Waals surface area contributed by atoms with Gasteiger partial charge in [-0.25, -0.2) is 0 Å². The number of amides is 1. The molecule has 1 amide bonds. The summed E-state index contributed by atoms with van der Waals surface area (Å²) >= 11 is 5.95. The van der Waals surface area contributed by atoms with Crippen molar-refractivity contribution >= 4 is 33.9 Å². The number of nitrogens with one attached hydrogen (secondary N) is 1. The Labute approximate surface area is 142 Å². The van der Waals surface area contributed by atoms with Gasteiger partial charge in [-0.2, -0.15) is 8.42 Å². The lowest BCUT2D eigenvalue weighted by molar-refractivity contribution is 0.0939. The first kappa shape index (κ1) is 19.4. The Morgan fingerprint density at radius 2 is 1.96 bits per heavy atom. The number of benzene rings is 1. The fourth-order valence-corrected chi connectivity index (χ4v) is 2.93. The molecule has 23 heavy (non-hydrogen) atoms. The van der Waals surface area contributed by atoms with Crippen LogP contribution in [-0.4, -0.2) is 46.2 Å². The zero-order chi connectivity index (χ0) is 17.8. The van der Waals surface area contributed by atoms with E-state index < -0.39 is 10.0 Å². The van der Waals surface area contributed by atoms with Crippen molar-refractivity contribution < 1.29 is 13.2 Å². The molecule has 1 aromatic carbocycles. The molecule has 0 aliphatic heterocycles. The molecule has 0 aromatic heterocycles. The average Bonchev–Trinajstić information content (AvgIpc) is 2.42. The van der Waals surface area contributed by atoms with E-state index in [0.717, 1.165) is 6.34 Å². The molecule has 0 aliphatic carbocycles. The van der Waals surface area contributed by atoms with Crippen LogP contribution in [0, 0.1) is 5.41 Å². The molecule has 8 heteroatoms. The standard InChI is InChI=1S/C15H22ClN3O3S/c1-15(2,3)9-17-14(20)11-6-7-12(16)13(8-11)23(21,22)18-10-19(4)5/h6-8,10H,9H2,1-5H3,(H,17,20)/b18-10+. The van der Waals surface area contributed by atoms with Gasteiger partial charge in [0, 0.05) is 26.2 Å². The molecule has 0 fully saturated rings. The maximum absolute atomic E-state index is 12.2. The first-order chi connectivity index (χ1) is 10.4. The molecule has 0 saturated carbocycles. The highest BCUT2D eigenvalue weighted by molar-refractivity contribution is 7.90. The first-order valence-corrected chi connectivity index (χ1v) is 8.79. The molecule has 0 heterocycles. The van der Waals surface area contributed by atoms with Crippen LogP contribution in [0.5, 0.6) is 0 Å². The van der Waals surface area contributed by atoms with E-state index in [-0.39, 0.29) is 26.8 Å². The van der Waals surface area contributed by atoms with Crippen LogP contribution >= 0.6 is 11.6 Å². The zero-order valence-corrected chi connectivity index (χ0v) is 15.5. The van der Waals surface area contributed by atoms with Crippen molar-refractivity contribution in [3.63, 3.8) is 0 Å². The molecule has 6 nitrogen and oxygen atoms in total. The van der Waals surface area contributed by atoms with Gasteiger partial charge in [0.05, 0.1) is 5.02 Å². The summed E-state index contributed by atoms with van der Waals surface area (Å²) < 4.78 is 27.9. The Balaban J connectivity index is 3.11. The van der Waals surface area contributed by atoms with E-state index in [9.17, 15) is 13.2 Å². The fraction of sp³-hybridized carbons (Fsp3) is 0.467. The Morgan fingerprint density at radius 3 is 2.48 bits per heavy atom. The van der Waals surface area contributed by atoms with Crippen molar-refractivity contribution in [2.24, 2.45) is 9.81 Å². The van der Waals surface area contributed by atoms with Gasteiger partial charge in [-0.1, -0.05) is 32.4 Å². The summed E-state index contributed by atoms with van der Waals surface area (Å²) in [7, 11) is -0.670. The Morgan fingerprint density at radius 1 is 1.35 bits per heavy atom. The van der Waals surface area contributed by atoms with Crippen LogP contribution in [0.25, 0.3) is 0 Å². The topological polar surface area (TPSA) is 78.8 Å². The van der Waals surface area contributed by atoms with Gasteiger partial charge in [-0.05, 0) is 23.6 Å². The number of nitrogens with zero attached hydrogens (tertiary/aromatic N) is 2. The molecule has 0 radical (unpaired) electrons. The Bertz CT molecular complexity index is 707. The van der Waals surface area contributed by atoms with Gasteiger partial charge < -0.3 is 10.2 Å². The fourth-order valence-electron chi connectivity index (χ4n) is 1.50. The van der Waals surface area contributed by atoms with Crippen molar-refractivity contribution in [1.82, 2.24) is 10.2 Å². The molecule has 1 aromatic rings. The highest BCUT2D eigenvalue weighted by atomic mass is 35.5. The molecular weight excluding hydrogens is 338 g/mol. The van der Waals surface area contributed by atoms with Crippen LogP contribution in [0.2, 0.25) is 5.02 Å². The van der Waals surface area contributed by atoms with Crippen LogP contribution in [0.15, 0.2) is 27.5 Å². The molecule has 0 atom stereocenters. The molecule has 1 rings (SSSR count). The van der Waals surface area contributed by atoms with Crippen LogP contribution in [0.3, 0.4) is 0 Å². The number of hydrogen-bond acceptors (Lipinski definition) is 3. The normalized spacial score (nSPS) is 12.4. The van der Waals surface area contributed by atoms with Crippen LogP contribution in [0.4, 0.5) is 0 Å². The van der Waals surface area contributed by atoms with Gasteiger partial charge in [0.15, 0.2) is 0 Å². The molecule has 128 valence electrons. The summed E-state index contributed by atoms with van der Waals surface area (Å²) in [6, 6.07) is 4.10. The quantitative estimate of drug-likeness (QED) is 0.646. The number of halogens is 1. The molecule has 0 unspecified atom stereocenters. The maximum Gasteiger partial charge on any atom is 0.285 e. The average molecular weight is 360 g/mol. The highest BCUT2D eigenvalue weighted by Crippen LogP contribution is 2.24. The van der Waals surface area contributed by atoms with Gasteiger partial charge in [0.25, 0.3) is 15.9 Å². The minimum absolute atomic E-state index is 0.0216. The van der Waals surface area contributed by atoms with Crippen LogP contribution in [-0.2, 0) is 10.0 Å². The summed E-state index contributed by atoms with van der Waals surface area (Å²) in [6.45, 7) is 6.43. The third-order valence-corrected chi connectivity index (χ3v) is 4.37. The lowest BCUT2D eigenvalue weighted by Gasteiger charge is -2.18. The van der Waals surface area contributed by atoms with Crippen molar-refractivity contribution in [3.05, 3.63) is 28.8 Å². The first-order valence-electron chi connectivity index (χ1n) is 6.97. The minimum Gasteiger partial charge on any atom is -0.368 e.